The zero-order chi connectivity index (χ0) is 18.4. The fraction of sp³-hybridized carbons (Fsp3) is 0.235. The van der Waals surface area contributed by atoms with Crippen LogP contribution in [0.3, 0.4) is 0 Å². The summed E-state index contributed by atoms with van der Waals surface area (Å²) in [5.41, 5.74) is 1.63. The Bertz CT molecular complexity index is 819. The molecular formula is C17H16F3N5O. The third-order valence-electron chi connectivity index (χ3n) is 3.39. The molecule has 0 unspecified atom stereocenters. The van der Waals surface area contributed by atoms with Gasteiger partial charge < -0.3 is 10.1 Å². The molecule has 0 aliphatic rings. The highest BCUT2D eigenvalue weighted by Crippen LogP contribution is 2.16. The van der Waals surface area contributed by atoms with Gasteiger partial charge in [-0.25, -0.2) is 9.67 Å². The molecule has 0 aliphatic carbocycles. The van der Waals surface area contributed by atoms with E-state index in [4.69, 9.17) is 0 Å². The Kier molecular flexibility index (Phi) is 5.47. The molecule has 0 bridgehead atoms. The molecule has 3 aromatic rings. The highest BCUT2D eigenvalue weighted by atomic mass is 19.4. The van der Waals surface area contributed by atoms with Gasteiger partial charge in [0.1, 0.15) is 12.4 Å². The number of anilines is 1. The standard InChI is InChI=1S/C17H16F3N5O/c18-17(19,20)12-26-11-14-4-2-13(3-5-14)8-22-15-9-21-10-16(24-15)25-7-1-6-23-25/h1-7,9-10H,8,11-12H2,(H,22,24). The number of nitrogens with zero attached hydrogens (tertiary/aromatic N) is 4. The number of rotatable bonds is 7. The van der Waals surface area contributed by atoms with E-state index in [-0.39, 0.29) is 6.61 Å². The first kappa shape index (κ1) is 17.9. The molecule has 2 heterocycles. The van der Waals surface area contributed by atoms with Crippen LogP contribution in [0.15, 0.2) is 55.1 Å². The number of aromatic nitrogens is 4. The second-order valence-electron chi connectivity index (χ2n) is 5.49. The molecule has 6 nitrogen and oxygen atoms in total. The van der Waals surface area contributed by atoms with Gasteiger partial charge in [0, 0.05) is 18.9 Å². The van der Waals surface area contributed by atoms with Gasteiger partial charge in [-0.2, -0.15) is 18.3 Å². The number of halogens is 3. The van der Waals surface area contributed by atoms with Crippen molar-refractivity contribution >= 4 is 5.82 Å². The molecule has 0 spiro atoms. The van der Waals surface area contributed by atoms with Crippen LogP contribution in [0.4, 0.5) is 19.0 Å². The molecule has 0 radical (unpaired) electrons. The summed E-state index contributed by atoms with van der Waals surface area (Å²) in [7, 11) is 0. The average molecular weight is 363 g/mol. The number of alkyl halides is 3. The summed E-state index contributed by atoms with van der Waals surface area (Å²) < 4.78 is 42.4. The maximum atomic E-state index is 12.1. The van der Waals surface area contributed by atoms with Gasteiger partial charge in [0.2, 0.25) is 0 Å². The van der Waals surface area contributed by atoms with Gasteiger partial charge in [0.15, 0.2) is 5.82 Å². The predicted octanol–water partition coefficient (Wildman–Crippen LogP) is 3.35. The van der Waals surface area contributed by atoms with Crippen molar-refractivity contribution in [2.45, 2.75) is 19.3 Å². The number of nitrogens with one attached hydrogen (secondary N) is 1. The summed E-state index contributed by atoms with van der Waals surface area (Å²) in [6.45, 7) is -0.826. The number of hydrogen-bond donors (Lipinski definition) is 1. The molecule has 0 saturated carbocycles. The van der Waals surface area contributed by atoms with Crippen LogP contribution in [-0.2, 0) is 17.9 Å². The van der Waals surface area contributed by atoms with E-state index in [1.807, 2.05) is 12.1 Å². The normalized spacial score (nSPS) is 11.5. The zero-order valence-corrected chi connectivity index (χ0v) is 13.6. The first-order chi connectivity index (χ1) is 12.5. The Hall–Kier alpha value is -2.94. The van der Waals surface area contributed by atoms with Gasteiger partial charge in [0.25, 0.3) is 0 Å². The molecular weight excluding hydrogens is 347 g/mol. The summed E-state index contributed by atoms with van der Waals surface area (Å²) in [4.78, 5) is 8.54. The first-order valence-corrected chi connectivity index (χ1v) is 7.78. The number of benzene rings is 1. The molecule has 2 aromatic heterocycles. The van der Waals surface area contributed by atoms with E-state index in [1.165, 1.54) is 0 Å². The molecule has 26 heavy (non-hydrogen) atoms. The minimum atomic E-state index is -4.31. The van der Waals surface area contributed by atoms with Gasteiger partial charge in [-0.1, -0.05) is 24.3 Å². The summed E-state index contributed by atoms with van der Waals surface area (Å²) in [6.07, 6.45) is 2.32. The van der Waals surface area contributed by atoms with Crippen LogP contribution < -0.4 is 5.32 Å². The zero-order valence-electron chi connectivity index (χ0n) is 13.6. The number of ether oxygens (including phenoxy) is 1. The fourth-order valence-electron chi connectivity index (χ4n) is 2.19. The molecule has 0 saturated heterocycles. The minimum absolute atomic E-state index is 0.0788. The summed E-state index contributed by atoms with van der Waals surface area (Å²) in [5.74, 6) is 1.19. The van der Waals surface area contributed by atoms with E-state index in [2.05, 4.69) is 25.1 Å². The van der Waals surface area contributed by atoms with Crippen molar-refractivity contribution in [3.63, 3.8) is 0 Å². The molecule has 3 rings (SSSR count). The Balaban J connectivity index is 1.53. The molecule has 1 N–H and O–H groups in total. The first-order valence-electron chi connectivity index (χ1n) is 7.78. The van der Waals surface area contributed by atoms with Crippen molar-refractivity contribution in [3.05, 3.63) is 66.2 Å². The molecule has 136 valence electrons. The molecule has 0 atom stereocenters. The molecule has 1 aromatic carbocycles. The predicted molar refractivity (Wildman–Crippen MR) is 88.6 cm³/mol. The Morgan fingerprint density at radius 3 is 2.54 bits per heavy atom. The van der Waals surface area contributed by atoms with E-state index < -0.39 is 12.8 Å². The average Bonchev–Trinajstić information content (AvgIpc) is 3.15. The Morgan fingerprint density at radius 2 is 1.85 bits per heavy atom. The summed E-state index contributed by atoms with van der Waals surface area (Å²) in [5, 5.41) is 7.25. The third kappa shape index (κ3) is 5.28. The second kappa shape index (κ2) is 7.96. The summed E-state index contributed by atoms with van der Waals surface area (Å²) >= 11 is 0. The lowest BCUT2D eigenvalue weighted by Crippen LogP contribution is -2.16. The van der Waals surface area contributed by atoms with E-state index >= 15 is 0 Å². The SMILES string of the molecule is FC(F)(F)COCc1ccc(CNc2cncc(-n3cccn3)n2)cc1. The lowest BCUT2D eigenvalue weighted by atomic mass is 10.1. The molecule has 0 aliphatic heterocycles. The third-order valence-corrected chi connectivity index (χ3v) is 3.39. The van der Waals surface area contributed by atoms with Gasteiger partial charge in [-0.15, -0.1) is 0 Å². The summed E-state index contributed by atoms with van der Waals surface area (Å²) in [6, 6.07) is 8.91. The van der Waals surface area contributed by atoms with E-state index in [0.29, 0.717) is 23.7 Å². The van der Waals surface area contributed by atoms with Crippen molar-refractivity contribution in [1.82, 2.24) is 19.7 Å². The Labute approximate surface area is 147 Å². The maximum Gasteiger partial charge on any atom is 0.411 e. The fourth-order valence-corrected chi connectivity index (χ4v) is 2.19. The highest BCUT2D eigenvalue weighted by Gasteiger charge is 2.27. The van der Waals surface area contributed by atoms with Crippen molar-refractivity contribution in [2.24, 2.45) is 0 Å². The van der Waals surface area contributed by atoms with Crippen LogP contribution in [-0.4, -0.2) is 32.5 Å². The second-order valence-corrected chi connectivity index (χ2v) is 5.49. The Morgan fingerprint density at radius 1 is 1.08 bits per heavy atom. The van der Waals surface area contributed by atoms with Crippen LogP contribution in [0.2, 0.25) is 0 Å². The lowest BCUT2D eigenvalue weighted by molar-refractivity contribution is -0.176. The van der Waals surface area contributed by atoms with Gasteiger partial charge in [-0.05, 0) is 17.2 Å². The monoisotopic (exact) mass is 363 g/mol. The van der Waals surface area contributed by atoms with Crippen LogP contribution in [0, 0.1) is 0 Å². The van der Waals surface area contributed by atoms with Gasteiger partial charge in [0.05, 0.1) is 19.0 Å². The largest absolute Gasteiger partial charge is 0.411 e. The van der Waals surface area contributed by atoms with Gasteiger partial charge in [-0.3, -0.25) is 4.98 Å². The molecule has 0 amide bonds. The van der Waals surface area contributed by atoms with Crippen LogP contribution in [0.1, 0.15) is 11.1 Å². The van der Waals surface area contributed by atoms with Crippen molar-refractivity contribution in [2.75, 3.05) is 11.9 Å². The van der Waals surface area contributed by atoms with Gasteiger partial charge >= 0.3 is 6.18 Å². The van der Waals surface area contributed by atoms with E-state index in [9.17, 15) is 13.2 Å². The van der Waals surface area contributed by atoms with Crippen molar-refractivity contribution in [1.29, 1.82) is 0 Å². The maximum absolute atomic E-state index is 12.1. The van der Waals surface area contributed by atoms with Crippen LogP contribution in [0.25, 0.3) is 5.82 Å². The topological polar surface area (TPSA) is 64.9 Å². The van der Waals surface area contributed by atoms with Crippen LogP contribution in [0.5, 0.6) is 0 Å². The number of hydrogen-bond acceptors (Lipinski definition) is 5. The van der Waals surface area contributed by atoms with Crippen molar-refractivity contribution in [3.8, 4) is 5.82 Å². The molecule has 9 heteroatoms. The molecule has 0 fully saturated rings. The van der Waals surface area contributed by atoms with Crippen molar-refractivity contribution < 1.29 is 17.9 Å². The van der Waals surface area contributed by atoms with E-state index in [1.54, 1.807) is 47.7 Å². The van der Waals surface area contributed by atoms with E-state index in [0.717, 1.165) is 5.56 Å². The minimum Gasteiger partial charge on any atom is -0.367 e. The lowest BCUT2D eigenvalue weighted by Gasteiger charge is -2.09. The quantitative estimate of drug-likeness (QED) is 0.697. The highest BCUT2D eigenvalue weighted by molar-refractivity contribution is 5.37. The smallest absolute Gasteiger partial charge is 0.367 e. The van der Waals surface area contributed by atoms with Crippen LogP contribution >= 0.6 is 0 Å².